The number of nitrogens with one attached hydrogen (secondary N) is 1. The Bertz CT molecular complexity index is 602. The standard InChI is InChI=1S/C16H20N4O/c1-21-13-9-5-8-12(13)18-15-10-14(17)19-16(20-15)11-6-3-2-4-7-11/h2-4,6-7,10,12-13H,5,8-9H2,1H3,(H3,17,18,19,20). The summed E-state index contributed by atoms with van der Waals surface area (Å²) in [7, 11) is 1.76. The Morgan fingerprint density at radius 1 is 1.19 bits per heavy atom. The van der Waals surface area contributed by atoms with Crippen molar-refractivity contribution in [1.82, 2.24) is 9.97 Å². The van der Waals surface area contributed by atoms with Crippen LogP contribution in [0.4, 0.5) is 11.6 Å². The maximum Gasteiger partial charge on any atom is 0.163 e. The van der Waals surface area contributed by atoms with Crippen molar-refractivity contribution in [2.75, 3.05) is 18.2 Å². The number of nitrogen functional groups attached to an aromatic ring is 1. The first-order valence-electron chi connectivity index (χ1n) is 7.25. The van der Waals surface area contributed by atoms with Crippen LogP contribution in [0, 0.1) is 0 Å². The van der Waals surface area contributed by atoms with Gasteiger partial charge in [-0.25, -0.2) is 9.97 Å². The van der Waals surface area contributed by atoms with Gasteiger partial charge < -0.3 is 15.8 Å². The van der Waals surface area contributed by atoms with Crippen LogP contribution in [0.15, 0.2) is 36.4 Å². The zero-order valence-electron chi connectivity index (χ0n) is 12.1. The SMILES string of the molecule is COC1CCCC1Nc1cc(N)nc(-c2ccccc2)n1. The van der Waals surface area contributed by atoms with E-state index >= 15 is 0 Å². The molecule has 2 unspecified atom stereocenters. The van der Waals surface area contributed by atoms with Crippen molar-refractivity contribution in [2.45, 2.75) is 31.4 Å². The number of rotatable bonds is 4. The third-order valence-electron chi connectivity index (χ3n) is 3.87. The number of benzene rings is 1. The Morgan fingerprint density at radius 2 is 2.00 bits per heavy atom. The number of hydrogen-bond acceptors (Lipinski definition) is 5. The molecule has 5 nitrogen and oxygen atoms in total. The molecule has 0 bridgehead atoms. The molecule has 0 radical (unpaired) electrons. The van der Waals surface area contributed by atoms with Crippen LogP contribution in [0.3, 0.4) is 0 Å². The van der Waals surface area contributed by atoms with Gasteiger partial charge >= 0.3 is 0 Å². The van der Waals surface area contributed by atoms with Gasteiger partial charge in [-0.15, -0.1) is 0 Å². The molecule has 1 heterocycles. The Morgan fingerprint density at radius 3 is 2.76 bits per heavy atom. The summed E-state index contributed by atoms with van der Waals surface area (Å²) in [6.07, 6.45) is 3.58. The molecular formula is C16H20N4O. The molecule has 21 heavy (non-hydrogen) atoms. The second-order valence-corrected chi connectivity index (χ2v) is 5.32. The van der Waals surface area contributed by atoms with Crippen LogP contribution in [0.1, 0.15) is 19.3 Å². The van der Waals surface area contributed by atoms with E-state index in [2.05, 4.69) is 15.3 Å². The van der Waals surface area contributed by atoms with Gasteiger partial charge in [-0.3, -0.25) is 0 Å². The second-order valence-electron chi connectivity index (χ2n) is 5.32. The largest absolute Gasteiger partial charge is 0.384 e. The first kappa shape index (κ1) is 13.8. The van der Waals surface area contributed by atoms with Gasteiger partial charge in [0.2, 0.25) is 0 Å². The van der Waals surface area contributed by atoms with Gasteiger partial charge in [0, 0.05) is 18.7 Å². The Balaban J connectivity index is 1.85. The Kier molecular flexibility index (Phi) is 4.01. The molecule has 1 saturated carbocycles. The predicted molar refractivity (Wildman–Crippen MR) is 83.9 cm³/mol. The quantitative estimate of drug-likeness (QED) is 0.903. The van der Waals surface area contributed by atoms with Crippen molar-refractivity contribution in [1.29, 1.82) is 0 Å². The van der Waals surface area contributed by atoms with E-state index in [0.29, 0.717) is 11.6 Å². The molecule has 110 valence electrons. The minimum Gasteiger partial charge on any atom is -0.384 e. The van der Waals surface area contributed by atoms with E-state index in [1.54, 1.807) is 13.2 Å². The third kappa shape index (κ3) is 3.13. The number of methoxy groups -OCH3 is 1. The second kappa shape index (κ2) is 6.10. The summed E-state index contributed by atoms with van der Waals surface area (Å²) in [5.74, 6) is 1.87. The lowest BCUT2D eigenvalue weighted by atomic mass is 10.2. The summed E-state index contributed by atoms with van der Waals surface area (Å²) in [6, 6.07) is 11.9. The lowest BCUT2D eigenvalue weighted by Crippen LogP contribution is -2.30. The molecule has 1 aliphatic rings. The van der Waals surface area contributed by atoms with Gasteiger partial charge in [-0.1, -0.05) is 30.3 Å². The van der Waals surface area contributed by atoms with E-state index in [9.17, 15) is 0 Å². The van der Waals surface area contributed by atoms with Crippen LogP contribution < -0.4 is 11.1 Å². The number of anilines is 2. The molecule has 1 aromatic heterocycles. The molecule has 1 fully saturated rings. The average molecular weight is 284 g/mol. The van der Waals surface area contributed by atoms with Crippen molar-refractivity contribution < 1.29 is 4.74 Å². The molecule has 0 spiro atoms. The smallest absolute Gasteiger partial charge is 0.163 e. The zero-order chi connectivity index (χ0) is 14.7. The van der Waals surface area contributed by atoms with Crippen LogP contribution in [0.25, 0.3) is 11.4 Å². The lowest BCUT2D eigenvalue weighted by molar-refractivity contribution is 0.101. The summed E-state index contributed by atoms with van der Waals surface area (Å²) in [5, 5.41) is 3.44. The number of nitrogens with zero attached hydrogens (tertiary/aromatic N) is 2. The minimum atomic E-state index is 0.237. The Hall–Kier alpha value is -2.14. The molecule has 0 amide bonds. The Labute approximate surface area is 124 Å². The highest BCUT2D eigenvalue weighted by Gasteiger charge is 2.27. The number of hydrogen-bond donors (Lipinski definition) is 2. The highest BCUT2D eigenvalue weighted by molar-refractivity contribution is 5.60. The molecule has 0 aliphatic heterocycles. The molecule has 1 aromatic carbocycles. The van der Waals surface area contributed by atoms with Gasteiger partial charge in [0.25, 0.3) is 0 Å². The number of aromatic nitrogens is 2. The summed E-state index contributed by atoms with van der Waals surface area (Å²) >= 11 is 0. The summed E-state index contributed by atoms with van der Waals surface area (Å²) in [4.78, 5) is 8.89. The fraction of sp³-hybridized carbons (Fsp3) is 0.375. The zero-order valence-corrected chi connectivity index (χ0v) is 12.1. The normalized spacial score (nSPS) is 21.4. The van der Waals surface area contributed by atoms with Crippen LogP contribution in [-0.4, -0.2) is 29.2 Å². The summed E-state index contributed by atoms with van der Waals surface area (Å²) in [5.41, 5.74) is 6.88. The topological polar surface area (TPSA) is 73.1 Å². The van der Waals surface area contributed by atoms with Crippen molar-refractivity contribution in [2.24, 2.45) is 0 Å². The number of ether oxygens (including phenoxy) is 1. The van der Waals surface area contributed by atoms with Crippen LogP contribution >= 0.6 is 0 Å². The predicted octanol–water partition coefficient (Wildman–Crippen LogP) is 2.71. The van der Waals surface area contributed by atoms with Gasteiger partial charge in [0.1, 0.15) is 11.6 Å². The van der Waals surface area contributed by atoms with Gasteiger partial charge in [-0.2, -0.15) is 0 Å². The van der Waals surface area contributed by atoms with Crippen molar-refractivity contribution in [3.05, 3.63) is 36.4 Å². The van der Waals surface area contributed by atoms with Gasteiger partial charge in [0.15, 0.2) is 5.82 Å². The average Bonchev–Trinajstić information content (AvgIpc) is 2.95. The lowest BCUT2D eigenvalue weighted by Gasteiger charge is -2.20. The van der Waals surface area contributed by atoms with E-state index in [1.807, 2.05) is 30.3 Å². The highest BCUT2D eigenvalue weighted by Crippen LogP contribution is 2.26. The first-order chi connectivity index (χ1) is 10.3. The summed E-state index contributed by atoms with van der Waals surface area (Å²) < 4.78 is 5.50. The van der Waals surface area contributed by atoms with E-state index in [4.69, 9.17) is 10.5 Å². The molecular weight excluding hydrogens is 264 g/mol. The molecule has 1 aliphatic carbocycles. The molecule has 0 saturated heterocycles. The third-order valence-corrected chi connectivity index (χ3v) is 3.87. The fourth-order valence-corrected chi connectivity index (χ4v) is 2.82. The monoisotopic (exact) mass is 284 g/mol. The molecule has 5 heteroatoms. The minimum absolute atomic E-state index is 0.237. The first-order valence-corrected chi connectivity index (χ1v) is 7.25. The molecule has 2 aromatic rings. The van der Waals surface area contributed by atoms with Crippen molar-refractivity contribution >= 4 is 11.6 Å². The molecule has 2 atom stereocenters. The van der Waals surface area contributed by atoms with E-state index in [0.717, 1.165) is 24.2 Å². The highest BCUT2D eigenvalue weighted by atomic mass is 16.5. The number of nitrogens with two attached hydrogens (primary N) is 1. The van der Waals surface area contributed by atoms with Crippen LogP contribution in [0.2, 0.25) is 0 Å². The summed E-state index contributed by atoms with van der Waals surface area (Å²) in [6.45, 7) is 0. The van der Waals surface area contributed by atoms with E-state index in [-0.39, 0.29) is 12.1 Å². The maximum atomic E-state index is 5.92. The van der Waals surface area contributed by atoms with Gasteiger partial charge in [-0.05, 0) is 19.3 Å². The van der Waals surface area contributed by atoms with Crippen LogP contribution in [-0.2, 0) is 4.74 Å². The molecule has 3 N–H and O–H groups in total. The van der Waals surface area contributed by atoms with Crippen LogP contribution in [0.5, 0.6) is 0 Å². The van der Waals surface area contributed by atoms with E-state index in [1.165, 1.54) is 6.42 Å². The van der Waals surface area contributed by atoms with E-state index < -0.39 is 0 Å². The van der Waals surface area contributed by atoms with Crippen molar-refractivity contribution in [3.63, 3.8) is 0 Å². The van der Waals surface area contributed by atoms with Gasteiger partial charge in [0.05, 0.1) is 12.1 Å². The van der Waals surface area contributed by atoms with Crippen molar-refractivity contribution in [3.8, 4) is 11.4 Å². The fourth-order valence-electron chi connectivity index (χ4n) is 2.82. The molecule has 3 rings (SSSR count). The maximum absolute atomic E-state index is 5.92.